The van der Waals surface area contributed by atoms with Gasteiger partial charge in [-0.1, -0.05) is 24.3 Å². The van der Waals surface area contributed by atoms with Crippen LogP contribution in [0.2, 0.25) is 0 Å². The molecule has 0 aliphatic carbocycles. The van der Waals surface area contributed by atoms with Crippen molar-refractivity contribution >= 4 is 28.5 Å². The molecule has 156 valence electrons. The number of hydrogen-bond acceptors (Lipinski definition) is 6. The third-order valence-corrected chi connectivity index (χ3v) is 4.90. The van der Waals surface area contributed by atoms with Gasteiger partial charge in [0.05, 0.1) is 17.9 Å². The third-order valence-electron chi connectivity index (χ3n) is 4.90. The Hall–Kier alpha value is -3.61. The number of ether oxygens (including phenoxy) is 2. The van der Waals surface area contributed by atoms with E-state index in [4.69, 9.17) is 9.47 Å². The minimum Gasteiger partial charge on any atom is -0.507 e. The van der Waals surface area contributed by atoms with Gasteiger partial charge in [0, 0.05) is 5.69 Å². The maximum absolute atomic E-state index is 12.9. The monoisotopic (exact) mass is 409 g/mol. The van der Waals surface area contributed by atoms with Crippen LogP contribution in [0.15, 0.2) is 36.4 Å². The maximum atomic E-state index is 12.9. The van der Waals surface area contributed by atoms with Gasteiger partial charge < -0.3 is 19.6 Å². The molecule has 0 aliphatic rings. The molecule has 1 atom stereocenters. The fourth-order valence-corrected chi connectivity index (χ4v) is 3.38. The smallest absolute Gasteiger partial charge is 0.342 e. The molecule has 0 unspecified atom stereocenters. The lowest BCUT2D eigenvalue weighted by Crippen LogP contribution is -2.25. The van der Waals surface area contributed by atoms with Gasteiger partial charge in [0.25, 0.3) is 0 Å². The molecule has 1 aromatic heterocycles. The molecule has 0 amide bonds. The molecule has 2 aromatic carbocycles. The molecule has 0 aliphatic heterocycles. The van der Waals surface area contributed by atoms with Gasteiger partial charge in [0.15, 0.2) is 6.10 Å². The molecule has 0 saturated carbocycles. The van der Waals surface area contributed by atoms with Gasteiger partial charge in [0.1, 0.15) is 11.3 Å². The number of ketones is 1. The summed E-state index contributed by atoms with van der Waals surface area (Å²) in [6.07, 6.45) is -1.13. The first-order valence-electron chi connectivity index (χ1n) is 9.57. The zero-order valence-electron chi connectivity index (χ0n) is 17.2. The summed E-state index contributed by atoms with van der Waals surface area (Å²) in [7, 11) is 0. The molecule has 2 N–H and O–H groups in total. The average Bonchev–Trinajstić information content (AvgIpc) is 3.00. The van der Waals surface area contributed by atoms with Crippen LogP contribution in [0.1, 0.15) is 56.3 Å². The van der Waals surface area contributed by atoms with E-state index in [9.17, 15) is 19.5 Å². The number of aromatic hydroxyl groups is 1. The molecule has 0 radical (unpaired) electrons. The Balaban J connectivity index is 1.83. The average molecular weight is 409 g/mol. The topological polar surface area (TPSA) is 106 Å². The zero-order chi connectivity index (χ0) is 22.0. The minimum absolute atomic E-state index is 0.0278. The Morgan fingerprint density at radius 3 is 2.33 bits per heavy atom. The second kappa shape index (κ2) is 8.41. The summed E-state index contributed by atoms with van der Waals surface area (Å²) in [5.74, 6) is -2.05. The number of aryl methyl sites for hydroxylation is 1. The number of nitrogens with one attached hydrogen (secondary N) is 1. The second-order valence-electron chi connectivity index (χ2n) is 6.97. The summed E-state index contributed by atoms with van der Waals surface area (Å²) >= 11 is 0. The summed E-state index contributed by atoms with van der Waals surface area (Å²) in [6.45, 7) is 6.66. The van der Waals surface area contributed by atoms with E-state index in [1.807, 2.05) is 24.3 Å². The molecule has 0 bridgehead atoms. The fourth-order valence-electron chi connectivity index (χ4n) is 3.38. The molecule has 0 fully saturated rings. The Morgan fingerprint density at radius 1 is 1.07 bits per heavy atom. The van der Waals surface area contributed by atoms with Crippen molar-refractivity contribution in [3.63, 3.8) is 0 Å². The highest BCUT2D eigenvalue weighted by Gasteiger charge is 2.28. The number of benzene rings is 2. The number of phenolic OH excluding ortho intramolecular Hbond substituents is 1. The highest BCUT2D eigenvalue weighted by Crippen LogP contribution is 2.27. The first-order chi connectivity index (χ1) is 14.2. The number of aromatic amines is 1. The number of fused-ring (bicyclic) bond motifs is 1. The van der Waals surface area contributed by atoms with Crippen LogP contribution in [0.25, 0.3) is 10.8 Å². The van der Waals surface area contributed by atoms with E-state index in [2.05, 4.69) is 4.98 Å². The van der Waals surface area contributed by atoms with Crippen LogP contribution in [0.5, 0.6) is 5.75 Å². The summed E-state index contributed by atoms with van der Waals surface area (Å²) in [6, 6.07) is 10.3. The number of aromatic nitrogens is 1. The third kappa shape index (κ3) is 3.91. The van der Waals surface area contributed by atoms with E-state index in [0.717, 1.165) is 10.8 Å². The van der Waals surface area contributed by atoms with E-state index >= 15 is 0 Å². The molecule has 0 saturated heterocycles. The standard InChI is InChI=1S/C23H23NO6/c1-5-29-23(28)19-12(2)20(24-13(19)3)21(26)14(4)30-22(27)17-10-15-8-6-7-9-16(15)11-18(17)25/h6-11,14,24-25H,5H2,1-4H3/t14-/m1/s1. The molecule has 0 spiro atoms. The number of carbonyl (C=O) groups excluding carboxylic acids is 3. The van der Waals surface area contributed by atoms with Gasteiger partial charge >= 0.3 is 11.9 Å². The number of esters is 2. The summed E-state index contributed by atoms with van der Waals surface area (Å²) in [5, 5.41) is 11.7. The first-order valence-corrected chi connectivity index (χ1v) is 9.57. The number of H-pyrrole nitrogens is 1. The highest BCUT2D eigenvalue weighted by molar-refractivity contribution is 6.05. The lowest BCUT2D eigenvalue weighted by molar-refractivity contribution is 0.0314. The van der Waals surface area contributed by atoms with E-state index in [-0.39, 0.29) is 23.6 Å². The van der Waals surface area contributed by atoms with Gasteiger partial charge in [-0.15, -0.1) is 0 Å². The van der Waals surface area contributed by atoms with E-state index in [0.29, 0.717) is 16.8 Å². The van der Waals surface area contributed by atoms with Crippen molar-refractivity contribution < 1.29 is 29.0 Å². The Bertz CT molecular complexity index is 1140. The van der Waals surface area contributed by atoms with E-state index < -0.39 is 23.8 Å². The molecule has 3 rings (SSSR count). The van der Waals surface area contributed by atoms with Crippen molar-refractivity contribution in [3.05, 3.63) is 64.5 Å². The SMILES string of the molecule is CCOC(=O)c1c(C)[nH]c(C(=O)[C@@H](C)OC(=O)c2cc3ccccc3cc2O)c1C. The van der Waals surface area contributed by atoms with Crippen LogP contribution in [-0.4, -0.2) is 40.5 Å². The molecule has 1 heterocycles. The fraction of sp³-hybridized carbons (Fsp3) is 0.261. The van der Waals surface area contributed by atoms with Crippen LogP contribution in [0.3, 0.4) is 0 Å². The van der Waals surface area contributed by atoms with Gasteiger partial charge in [-0.05, 0) is 56.2 Å². The summed E-state index contributed by atoms with van der Waals surface area (Å²) in [5.41, 5.74) is 1.39. The lowest BCUT2D eigenvalue weighted by Gasteiger charge is -2.13. The number of phenols is 1. The Labute approximate surface area is 173 Å². The van der Waals surface area contributed by atoms with Crippen molar-refractivity contribution in [3.8, 4) is 5.75 Å². The summed E-state index contributed by atoms with van der Waals surface area (Å²) < 4.78 is 10.3. The number of carbonyl (C=O) groups is 3. The van der Waals surface area contributed by atoms with Crippen LogP contribution < -0.4 is 0 Å². The largest absolute Gasteiger partial charge is 0.507 e. The maximum Gasteiger partial charge on any atom is 0.342 e. The molecule has 3 aromatic rings. The van der Waals surface area contributed by atoms with Crippen molar-refractivity contribution in [1.29, 1.82) is 0 Å². The molecular weight excluding hydrogens is 386 g/mol. The van der Waals surface area contributed by atoms with E-state index in [1.165, 1.54) is 19.1 Å². The van der Waals surface area contributed by atoms with Crippen LogP contribution in [-0.2, 0) is 9.47 Å². The Kier molecular flexibility index (Phi) is 5.91. The zero-order valence-corrected chi connectivity index (χ0v) is 17.2. The first kappa shape index (κ1) is 21.1. The predicted molar refractivity (Wildman–Crippen MR) is 111 cm³/mol. The second-order valence-corrected chi connectivity index (χ2v) is 6.97. The minimum atomic E-state index is -1.13. The number of Topliss-reactive ketones (excluding diaryl/α,β-unsaturated/α-hetero) is 1. The molecule has 7 nitrogen and oxygen atoms in total. The van der Waals surface area contributed by atoms with E-state index in [1.54, 1.807) is 20.8 Å². The number of rotatable bonds is 6. The van der Waals surface area contributed by atoms with Gasteiger partial charge in [-0.3, -0.25) is 4.79 Å². The van der Waals surface area contributed by atoms with Gasteiger partial charge in [-0.25, -0.2) is 9.59 Å². The van der Waals surface area contributed by atoms with Crippen LogP contribution in [0, 0.1) is 13.8 Å². The highest BCUT2D eigenvalue weighted by atomic mass is 16.5. The van der Waals surface area contributed by atoms with Crippen molar-refractivity contribution in [2.75, 3.05) is 6.61 Å². The number of hydrogen-bond donors (Lipinski definition) is 2. The molecule has 30 heavy (non-hydrogen) atoms. The van der Waals surface area contributed by atoms with Gasteiger partial charge in [-0.2, -0.15) is 0 Å². The Morgan fingerprint density at radius 2 is 1.70 bits per heavy atom. The van der Waals surface area contributed by atoms with Crippen LogP contribution >= 0.6 is 0 Å². The van der Waals surface area contributed by atoms with Crippen molar-refractivity contribution in [1.82, 2.24) is 4.98 Å². The van der Waals surface area contributed by atoms with Crippen molar-refractivity contribution in [2.45, 2.75) is 33.8 Å². The predicted octanol–water partition coefficient (Wildman–Crippen LogP) is 4.10. The normalized spacial score (nSPS) is 11.9. The quantitative estimate of drug-likeness (QED) is 0.469. The lowest BCUT2D eigenvalue weighted by atomic mass is 10.1. The van der Waals surface area contributed by atoms with Crippen molar-refractivity contribution in [2.24, 2.45) is 0 Å². The summed E-state index contributed by atoms with van der Waals surface area (Å²) in [4.78, 5) is 40.5. The molecule has 7 heteroatoms. The molecular formula is C23H23NO6. The van der Waals surface area contributed by atoms with Gasteiger partial charge in [0.2, 0.25) is 5.78 Å². The van der Waals surface area contributed by atoms with Crippen LogP contribution in [0.4, 0.5) is 0 Å².